The average molecular weight is 276 g/mol. The summed E-state index contributed by atoms with van der Waals surface area (Å²) in [6.45, 7) is 0. The highest BCUT2D eigenvalue weighted by Gasteiger charge is 2.31. The molecule has 6 nitrogen and oxygen atoms in total. The van der Waals surface area contributed by atoms with Crippen molar-refractivity contribution < 1.29 is 9.59 Å². The SMILES string of the molecule is NC(=O)Nc1cccc(NC(=O)CC2(N)CCCC2)c1. The first-order chi connectivity index (χ1) is 9.47. The van der Waals surface area contributed by atoms with Crippen molar-refractivity contribution in [2.75, 3.05) is 10.6 Å². The molecule has 1 saturated carbocycles. The second kappa shape index (κ2) is 5.92. The van der Waals surface area contributed by atoms with Gasteiger partial charge in [0, 0.05) is 23.3 Å². The fraction of sp³-hybridized carbons (Fsp3) is 0.429. The number of carbonyl (C=O) groups excluding carboxylic acids is 2. The molecule has 0 atom stereocenters. The first-order valence-corrected chi connectivity index (χ1v) is 6.72. The summed E-state index contributed by atoms with van der Waals surface area (Å²) in [7, 11) is 0. The number of nitrogens with one attached hydrogen (secondary N) is 2. The van der Waals surface area contributed by atoms with Crippen LogP contribution in [0.2, 0.25) is 0 Å². The fourth-order valence-electron chi connectivity index (χ4n) is 2.60. The third kappa shape index (κ3) is 3.96. The molecule has 20 heavy (non-hydrogen) atoms. The molecular formula is C14H20N4O2. The van der Waals surface area contributed by atoms with Crippen LogP contribution in [0.15, 0.2) is 24.3 Å². The van der Waals surface area contributed by atoms with E-state index in [0.29, 0.717) is 17.8 Å². The normalized spacial score (nSPS) is 16.6. The second-order valence-electron chi connectivity index (χ2n) is 5.36. The number of rotatable bonds is 4. The standard InChI is InChI=1S/C14H20N4O2/c15-13(20)18-11-5-3-4-10(8-11)17-12(19)9-14(16)6-1-2-7-14/h3-5,8H,1-2,6-7,9,16H2,(H,17,19)(H3,15,18,20). The summed E-state index contributed by atoms with van der Waals surface area (Å²) in [4.78, 5) is 22.8. The summed E-state index contributed by atoms with van der Waals surface area (Å²) >= 11 is 0. The van der Waals surface area contributed by atoms with Gasteiger partial charge in [0.25, 0.3) is 0 Å². The highest BCUT2D eigenvalue weighted by molar-refractivity contribution is 5.93. The van der Waals surface area contributed by atoms with E-state index in [-0.39, 0.29) is 11.4 Å². The zero-order valence-electron chi connectivity index (χ0n) is 11.3. The van der Waals surface area contributed by atoms with E-state index in [2.05, 4.69) is 10.6 Å². The Bertz CT molecular complexity index is 510. The number of hydrogen-bond acceptors (Lipinski definition) is 3. The van der Waals surface area contributed by atoms with Crippen molar-refractivity contribution in [2.24, 2.45) is 11.5 Å². The molecule has 1 aromatic carbocycles. The Kier molecular flexibility index (Phi) is 4.24. The first-order valence-electron chi connectivity index (χ1n) is 6.72. The predicted octanol–water partition coefficient (Wildman–Crippen LogP) is 1.78. The van der Waals surface area contributed by atoms with Gasteiger partial charge in [0.2, 0.25) is 5.91 Å². The number of nitrogens with two attached hydrogens (primary N) is 2. The van der Waals surface area contributed by atoms with E-state index in [1.165, 1.54) is 0 Å². The molecule has 0 bridgehead atoms. The van der Waals surface area contributed by atoms with Crippen LogP contribution < -0.4 is 22.1 Å². The molecule has 0 radical (unpaired) electrons. The lowest BCUT2D eigenvalue weighted by atomic mass is 9.94. The van der Waals surface area contributed by atoms with Crippen LogP contribution in [0.25, 0.3) is 0 Å². The summed E-state index contributed by atoms with van der Waals surface area (Å²) in [5.74, 6) is -0.106. The molecule has 6 heteroatoms. The zero-order valence-corrected chi connectivity index (χ0v) is 11.3. The molecule has 0 aromatic heterocycles. The number of amides is 3. The molecule has 1 aliphatic carbocycles. The van der Waals surface area contributed by atoms with Crippen LogP contribution in [-0.4, -0.2) is 17.5 Å². The Morgan fingerprint density at radius 3 is 2.35 bits per heavy atom. The van der Waals surface area contributed by atoms with E-state index < -0.39 is 6.03 Å². The van der Waals surface area contributed by atoms with Crippen LogP contribution in [0.4, 0.5) is 16.2 Å². The Hall–Kier alpha value is -2.08. The van der Waals surface area contributed by atoms with Gasteiger partial charge in [-0.15, -0.1) is 0 Å². The summed E-state index contributed by atoms with van der Waals surface area (Å²) in [5, 5.41) is 5.26. The van der Waals surface area contributed by atoms with E-state index in [0.717, 1.165) is 25.7 Å². The minimum atomic E-state index is -0.639. The fourth-order valence-corrected chi connectivity index (χ4v) is 2.60. The van der Waals surface area contributed by atoms with Gasteiger partial charge >= 0.3 is 6.03 Å². The molecule has 1 aliphatic rings. The van der Waals surface area contributed by atoms with Gasteiger partial charge in [-0.05, 0) is 31.0 Å². The lowest BCUT2D eigenvalue weighted by Gasteiger charge is -2.22. The van der Waals surface area contributed by atoms with Crippen molar-refractivity contribution in [3.63, 3.8) is 0 Å². The molecule has 0 saturated heterocycles. The maximum atomic E-state index is 12.0. The molecule has 1 aromatic rings. The van der Waals surface area contributed by atoms with Crippen molar-refractivity contribution in [1.29, 1.82) is 0 Å². The van der Waals surface area contributed by atoms with Gasteiger partial charge in [-0.1, -0.05) is 18.9 Å². The quantitative estimate of drug-likeness (QED) is 0.672. The molecule has 6 N–H and O–H groups in total. The predicted molar refractivity (Wildman–Crippen MR) is 78.3 cm³/mol. The van der Waals surface area contributed by atoms with Crippen molar-refractivity contribution in [3.05, 3.63) is 24.3 Å². The van der Waals surface area contributed by atoms with Crippen molar-refractivity contribution in [3.8, 4) is 0 Å². The van der Waals surface area contributed by atoms with Gasteiger partial charge in [-0.2, -0.15) is 0 Å². The highest BCUT2D eigenvalue weighted by Crippen LogP contribution is 2.30. The van der Waals surface area contributed by atoms with Crippen molar-refractivity contribution in [1.82, 2.24) is 0 Å². The third-order valence-corrected chi connectivity index (χ3v) is 3.53. The maximum absolute atomic E-state index is 12.0. The summed E-state index contributed by atoms with van der Waals surface area (Å²) in [5.41, 5.74) is 12.0. The highest BCUT2D eigenvalue weighted by atomic mass is 16.2. The van der Waals surface area contributed by atoms with Gasteiger partial charge in [0.05, 0.1) is 0 Å². The second-order valence-corrected chi connectivity index (χ2v) is 5.36. The summed E-state index contributed by atoms with van der Waals surface area (Å²) in [6.07, 6.45) is 4.28. The number of benzene rings is 1. The Labute approximate surface area is 117 Å². The van der Waals surface area contributed by atoms with E-state index >= 15 is 0 Å². The molecule has 2 rings (SSSR count). The molecule has 1 fully saturated rings. The van der Waals surface area contributed by atoms with Crippen LogP contribution in [0.1, 0.15) is 32.1 Å². The number of primary amides is 1. The smallest absolute Gasteiger partial charge is 0.316 e. The first kappa shape index (κ1) is 14.3. The van der Waals surface area contributed by atoms with E-state index in [9.17, 15) is 9.59 Å². The summed E-state index contributed by atoms with van der Waals surface area (Å²) < 4.78 is 0. The molecule has 0 unspecified atom stereocenters. The van der Waals surface area contributed by atoms with Gasteiger partial charge in [0.1, 0.15) is 0 Å². The minimum Gasteiger partial charge on any atom is -0.351 e. The Morgan fingerprint density at radius 1 is 1.15 bits per heavy atom. The van der Waals surface area contributed by atoms with Gasteiger partial charge in [0.15, 0.2) is 0 Å². The maximum Gasteiger partial charge on any atom is 0.316 e. The lowest BCUT2D eigenvalue weighted by molar-refractivity contribution is -0.117. The van der Waals surface area contributed by atoms with Gasteiger partial charge in [-0.3, -0.25) is 4.79 Å². The zero-order chi connectivity index (χ0) is 14.6. The number of carbonyl (C=O) groups is 2. The topological polar surface area (TPSA) is 110 Å². The lowest BCUT2D eigenvalue weighted by Crippen LogP contribution is -2.40. The number of urea groups is 1. The molecule has 0 spiro atoms. The average Bonchev–Trinajstić information content (AvgIpc) is 2.74. The molecule has 0 heterocycles. The molecule has 108 valence electrons. The molecule has 0 aliphatic heterocycles. The largest absolute Gasteiger partial charge is 0.351 e. The van der Waals surface area contributed by atoms with E-state index in [4.69, 9.17) is 11.5 Å². The van der Waals surface area contributed by atoms with Crippen molar-refractivity contribution >= 4 is 23.3 Å². The van der Waals surface area contributed by atoms with Gasteiger partial charge in [-0.25, -0.2) is 4.79 Å². The van der Waals surface area contributed by atoms with Crippen LogP contribution in [-0.2, 0) is 4.79 Å². The third-order valence-electron chi connectivity index (χ3n) is 3.53. The van der Waals surface area contributed by atoms with Gasteiger partial charge < -0.3 is 22.1 Å². The number of hydrogen-bond donors (Lipinski definition) is 4. The minimum absolute atomic E-state index is 0.106. The molecule has 3 amide bonds. The van der Waals surface area contributed by atoms with Crippen LogP contribution >= 0.6 is 0 Å². The summed E-state index contributed by atoms with van der Waals surface area (Å²) in [6, 6.07) is 6.19. The van der Waals surface area contributed by atoms with E-state index in [1.807, 2.05) is 0 Å². The van der Waals surface area contributed by atoms with E-state index in [1.54, 1.807) is 24.3 Å². The Morgan fingerprint density at radius 2 is 1.75 bits per heavy atom. The monoisotopic (exact) mass is 276 g/mol. The van der Waals surface area contributed by atoms with Crippen LogP contribution in [0.5, 0.6) is 0 Å². The van der Waals surface area contributed by atoms with Crippen molar-refractivity contribution in [2.45, 2.75) is 37.6 Å². The number of anilines is 2. The molecular weight excluding hydrogens is 256 g/mol. The Balaban J connectivity index is 1.95. The van der Waals surface area contributed by atoms with Crippen LogP contribution in [0, 0.1) is 0 Å². The van der Waals surface area contributed by atoms with Crippen LogP contribution in [0.3, 0.4) is 0 Å².